The van der Waals surface area contributed by atoms with Crippen LogP contribution in [0, 0.1) is 0 Å². The molecule has 0 amide bonds. The van der Waals surface area contributed by atoms with Gasteiger partial charge in [0, 0.05) is 31.9 Å². The van der Waals surface area contributed by atoms with Crippen molar-refractivity contribution in [3.8, 4) is 0 Å². The van der Waals surface area contributed by atoms with Gasteiger partial charge in [-0.15, -0.1) is 0 Å². The lowest BCUT2D eigenvalue weighted by atomic mass is 9.93. The summed E-state index contributed by atoms with van der Waals surface area (Å²) < 4.78 is 1.94. The van der Waals surface area contributed by atoms with Crippen LogP contribution >= 0.6 is 0 Å². The Balaban J connectivity index is 1.98. The quantitative estimate of drug-likeness (QED) is 0.498. The summed E-state index contributed by atoms with van der Waals surface area (Å²) in [5.41, 5.74) is 3.26. The summed E-state index contributed by atoms with van der Waals surface area (Å²) in [4.78, 5) is 27.4. The number of anilines is 1. The van der Waals surface area contributed by atoms with Crippen molar-refractivity contribution in [2.75, 3.05) is 33.1 Å². The van der Waals surface area contributed by atoms with Crippen molar-refractivity contribution in [3.05, 3.63) is 65.3 Å². The van der Waals surface area contributed by atoms with Gasteiger partial charge in [0.05, 0.1) is 11.5 Å². The number of aliphatic hydroxyl groups excluding tert-OH is 1. The van der Waals surface area contributed by atoms with Crippen molar-refractivity contribution in [1.82, 2.24) is 0 Å². The Morgan fingerprint density at radius 3 is 2.00 bits per heavy atom. The van der Waals surface area contributed by atoms with E-state index in [9.17, 15) is 14.7 Å². The fourth-order valence-corrected chi connectivity index (χ4v) is 3.24. The Labute approximate surface area is 153 Å². The smallest absolute Gasteiger partial charge is 0.199 e. The largest absolute Gasteiger partial charge is 0.384 e. The van der Waals surface area contributed by atoms with Crippen molar-refractivity contribution in [2.24, 2.45) is 0 Å². The van der Waals surface area contributed by atoms with E-state index in [0.29, 0.717) is 11.1 Å². The van der Waals surface area contributed by atoms with Crippen LogP contribution in [0.4, 0.5) is 5.69 Å². The number of allylic oxidation sites excluding steroid dienone is 5. The highest BCUT2D eigenvalue weighted by Crippen LogP contribution is 2.36. The van der Waals surface area contributed by atoms with Crippen LogP contribution in [0.2, 0.25) is 0 Å². The summed E-state index contributed by atoms with van der Waals surface area (Å²) in [5.74, 6) is -1.67. The van der Waals surface area contributed by atoms with Crippen molar-refractivity contribution in [3.63, 3.8) is 0 Å². The minimum absolute atomic E-state index is 0.0875. The van der Waals surface area contributed by atoms with Crippen LogP contribution in [-0.2, 0) is 9.59 Å². The van der Waals surface area contributed by atoms with Crippen molar-refractivity contribution >= 4 is 23.0 Å². The van der Waals surface area contributed by atoms with Crippen LogP contribution in [0.25, 0.3) is 0 Å². The van der Waals surface area contributed by atoms with Gasteiger partial charge in [0.2, 0.25) is 0 Å². The van der Waals surface area contributed by atoms with Gasteiger partial charge < -0.3 is 10.0 Å². The Hall–Kier alpha value is -2.79. The first-order valence-electron chi connectivity index (χ1n) is 8.49. The van der Waals surface area contributed by atoms with Crippen LogP contribution in [0.5, 0.6) is 0 Å². The summed E-state index contributed by atoms with van der Waals surface area (Å²) in [6.45, 7) is 0. The molecule has 134 valence electrons. The molecule has 5 heteroatoms. The number of carbonyl (C=O) groups excluding carboxylic acids is 2. The third kappa shape index (κ3) is 3.06. The van der Waals surface area contributed by atoms with E-state index in [2.05, 4.69) is 0 Å². The van der Waals surface area contributed by atoms with Gasteiger partial charge in [0.15, 0.2) is 17.3 Å². The Morgan fingerprint density at radius 2 is 1.50 bits per heavy atom. The molecule has 1 aromatic rings. The lowest BCUT2D eigenvalue weighted by Gasteiger charge is -2.15. The molecule has 0 aliphatic heterocycles. The SMILES string of the molecule is CN(C)c1ccc(C2C(=O)C(=C3C=CC(=[N+](C)C)C=C3)C(=O)C2O)cc1. The molecular weight excluding hydrogens is 328 g/mol. The minimum Gasteiger partial charge on any atom is -0.384 e. The average molecular weight is 351 g/mol. The molecule has 5 nitrogen and oxygen atoms in total. The normalized spacial score (nSPS) is 22.4. The minimum atomic E-state index is -1.34. The Kier molecular flexibility index (Phi) is 4.74. The molecule has 1 saturated carbocycles. The van der Waals surface area contributed by atoms with E-state index in [-0.39, 0.29) is 11.4 Å². The van der Waals surface area contributed by atoms with Crippen molar-refractivity contribution in [1.29, 1.82) is 0 Å². The highest BCUT2D eigenvalue weighted by Gasteiger charge is 2.46. The standard InChI is InChI=1S/C21H23N2O3/c1-22(2)15-9-5-13(6-10-15)17-19(24)18(21(26)20(17)25)14-7-11-16(12-8-14)23(3)4/h5-12,17,20,25H,1-4H3/q+1. The zero-order valence-electron chi connectivity index (χ0n) is 15.4. The highest BCUT2D eigenvalue weighted by molar-refractivity contribution is 6.31. The van der Waals surface area contributed by atoms with Crippen molar-refractivity contribution < 1.29 is 19.3 Å². The maximum atomic E-state index is 12.9. The van der Waals surface area contributed by atoms with Crippen molar-refractivity contribution in [2.45, 2.75) is 12.0 Å². The van der Waals surface area contributed by atoms with Crippen LogP contribution in [-0.4, -0.2) is 61.3 Å². The second-order valence-electron chi connectivity index (χ2n) is 6.95. The number of benzene rings is 1. The highest BCUT2D eigenvalue weighted by atomic mass is 16.3. The molecule has 3 rings (SSSR count). The fraction of sp³-hybridized carbons (Fsp3) is 0.286. The molecule has 2 atom stereocenters. The average Bonchev–Trinajstić information content (AvgIpc) is 2.84. The first kappa shape index (κ1) is 18.0. The molecule has 1 aromatic carbocycles. The molecule has 26 heavy (non-hydrogen) atoms. The molecule has 1 N–H and O–H groups in total. The van der Waals surface area contributed by atoms with Gasteiger partial charge in [-0.3, -0.25) is 9.59 Å². The molecule has 2 unspecified atom stereocenters. The Morgan fingerprint density at radius 1 is 0.923 bits per heavy atom. The van der Waals surface area contributed by atoms with Crippen LogP contribution in [0.1, 0.15) is 11.5 Å². The van der Waals surface area contributed by atoms with E-state index < -0.39 is 17.8 Å². The molecule has 0 heterocycles. The summed E-state index contributed by atoms with van der Waals surface area (Å²) >= 11 is 0. The van der Waals surface area contributed by atoms with Gasteiger partial charge >= 0.3 is 0 Å². The number of aliphatic hydroxyl groups is 1. The van der Waals surface area contributed by atoms with Crippen LogP contribution in [0.15, 0.2) is 59.7 Å². The first-order valence-corrected chi connectivity index (χ1v) is 8.49. The molecule has 0 saturated heterocycles. The molecule has 0 radical (unpaired) electrons. The lowest BCUT2D eigenvalue weighted by molar-refractivity contribution is -0.462. The van der Waals surface area contributed by atoms with E-state index in [1.807, 2.05) is 62.0 Å². The maximum absolute atomic E-state index is 12.9. The zero-order chi connectivity index (χ0) is 19.0. The third-order valence-electron chi connectivity index (χ3n) is 4.80. The summed E-state index contributed by atoms with van der Waals surface area (Å²) in [6.07, 6.45) is 5.88. The van der Waals surface area contributed by atoms with E-state index >= 15 is 0 Å². The van der Waals surface area contributed by atoms with E-state index in [1.165, 1.54) is 0 Å². The predicted molar refractivity (Wildman–Crippen MR) is 102 cm³/mol. The number of hydrogen-bond acceptors (Lipinski definition) is 4. The van der Waals surface area contributed by atoms with E-state index in [1.54, 1.807) is 24.3 Å². The number of hydrogen-bond donors (Lipinski definition) is 1. The van der Waals surface area contributed by atoms with Crippen LogP contribution in [0.3, 0.4) is 0 Å². The van der Waals surface area contributed by atoms with E-state index in [0.717, 1.165) is 11.4 Å². The van der Waals surface area contributed by atoms with Gasteiger partial charge in [-0.2, -0.15) is 0 Å². The van der Waals surface area contributed by atoms with Gasteiger partial charge in [-0.1, -0.05) is 12.1 Å². The third-order valence-corrected chi connectivity index (χ3v) is 4.80. The predicted octanol–water partition coefficient (Wildman–Crippen LogP) is 1.48. The Bertz CT molecular complexity index is 864. The monoisotopic (exact) mass is 351 g/mol. The fourth-order valence-electron chi connectivity index (χ4n) is 3.24. The number of Topliss-reactive ketones (excluding diaryl/α,β-unsaturated/α-hetero) is 2. The number of rotatable bonds is 2. The maximum Gasteiger partial charge on any atom is 0.199 e. The lowest BCUT2D eigenvalue weighted by Crippen LogP contribution is -2.21. The zero-order valence-corrected chi connectivity index (χ0v) is 15.4. The van der Waals surface area contributed by atoms with Gasteiger partial charge in [-0.05, 0) is 35.4 Å². The van der Waals surface area contributed by atoms with Gasteiger partial charge in [0.1, 0.15) is 20.2 Å². The molecule has 2 aliphatic carbocycles. The molecule has 0 bridgehead atoms. The number of carbonyl (C=O) groups is 2. The number of ketones is 2. The molecule has 2 aliphatic rings. The second-order valence-corrected chi connectivity index (χ2v) is 6.95. The topological polar surface area (TPSA) is 60.6 Å². The molecule has 0 aromatic heterocycles. The summed E-state index contributed by atoms with van der Waals surface area (Å²) in [5, 5.41) is 10.4. The second kappa shape index (κ2) is 6.84. The first-order chi connectivity index (χ1) is 12.3. The summed E-state index contributed by atoms with van der Waals surface area (Å²) in [7, 11) is 7.70. The van der Waals surface area contributed by atoms with Gasteiger partial charge in [0.25, 0.3) is 0 Å². The molecular formula is C21H23N2O3+. The number of nitrogens with zero attached hydrogens (tertiary/aromatic N) is 2. The van der Waals surface area contributed by atoms with Crippen LogP contribution < -0.4 is 4.90 Å². The van der Waals surface area contributed by atoms with E-state index in [4.69, 9.17) is 0 Å². The summed E-state index contributed by atoms with van der Waals surface area (Å²) in [6, 6.07) is 7.35. The molecule has 1 fully saturated rings. The van der Waals surface area contributed by atoms with Gasteiger partial charge in [-0.25, -0.2) is 4.58 Å². The molecule has 0 spiro atoms.